The molecule has 1 saturated heterocycles. The van der Waals surface area contributed by atoms with Gasteiger partial charge in [0.2, 0.25) is 15.9 Å². The van der Waals surface area contributed by atoms with Gasteiger partial charge in [0, 0.05) is 24.5 Å². The van der Waals surface area contributed by atoms with Crippen molar-refractivity contribution >= 4 is 38.9 Å². The fraction of sp³-hybridized carbons (Fsp3) is 0.278. The molecule has 1 fully saturated rings. The number of nitrogens with zero attached hydrogens (tertiary/aromatic N) is 1. The van der Waals surface area contributed by atoms with E-state index in [1.165, 1.54) is 34.6 Å². The molecule has 150 valence electrons. The molecule has 1 aliphatic rings. The SMILES string of the molecule is O=C(CNc1ccc(Cl)c(S(=O)(=O)N2CCOCC2)c1)Nc1cccc(F)c1. The van der Waals surface area contributed by atoms with Gasteiger partial charge in [-0.1, -0.05) is 17.7 Å². The Morgan fingerprint density at radius 3 is 2.61 bits per heavy atom. The zero-order valence-corrected chi connectivity index (χ0v) is 16.4. The Labute approximate surface area is 167 Å². The van der Waals surface area contributed by atoms with E-state index >= 15 is 0 Å². The fourth-order valence-electron chi connectivity index (χ4n) is 2.69. The van der Waals surface area contributed by atoms with Gasteiger partial charge in [-0.25, -0.2) is 12.8 Å². The number of morpholine rings is 1. The van der Waals surface area contributed by atoms with Gasteiger partial charge in [-0.2, -0.15) is 4.31 Å². The first-order valence-corrected chi connectivity index (χ1v) is 10.3. The van der Waals surface area contributed by atoms with Gasteiger partial charge in [0.15, 0.2) is 0 Å². The summed E-state index contributed by atoms with van der Waals surface area (Å²) in [5, 5.41) is 5.50. The second-order valence-corrected chi connectivity index (χ2v) is 8.39. The highest BCUT2D eigenvalue weighted by atomic mass is 35.5. The minimum Gasteiger partial charge on any atom is -0.379 e. The molecule has 2 aromatic carbocycles. The van der Waals surface area contributed by atoms with Crippen LogP contribution in [0.15, 0.2) is 47.4 Å². The maximum absolute atomic E-state index is 13.2. The van der Waals surface area contributed by atoms with E-state index in [4.69, 9.17) is 16.3 Å². The molecular weight excluding hydrogens is 409 g/mol. The lowest BCUT2D eigenvalue weighted by atomic mass is 10.3. The number of sulfonamides is 1. The van der Waals surface area contributed by atoms with Crippen LogP contribution >= 0.6 is 11.6 Å². The van der Waals surface area contributed by atoms with Crippen molar-refractivity contribution in [3.63, 3.8) is 0 Å². The molecule has 0 radical (unpaired) electrons. The van der Waals surface area contributed by atoms with Gasteiger partial charge in [-0.05, 0) is 36.4 Å². The van der Waals surface area contributed by atoms with E-state index in [1.54, 1.807) is 12.1 Å². The van der Waals surface area contributed by atoms with Crippen molar-refractivity contribution in [2.24, 2.45) is 0 Å². The van der Waals surface area contributed by atoms with E-state index < -0.39 is 21.7 Å². The van der Waals surface area contributed by atoms with Crippen LogP contribution in [0.3, 0.4) is 0 Å². The number of carbonyl (C=O) groups excluding carboxylic acids is 1. The molecule has 1 amide bonds. The average Bonchev–Trinajstić information content (AvgIpc) is 2.68. The molecule has 1 aliphatic heterocycles. The molecule has 0 aliphatic carbocycles. The van der Waals surface area contributed by atoms with Gasteiger partial charge < -0.3 is 15.4 Å². The first kappa shape index (κ1) is 20.5. The number of hydrogen-bond acceptors (Lipinski definition) is 5. The molecule has 0 atom stereocenters. The van der Waals surface area contributed by atoms with Crippen molar-refractivity contribution in [3.8, 4) is 0 Å². The summed E-state index contributed by atoms with van der Waals surface area (Å²) in [6, 6.07) is 9.96. The van der Waals surface area contributed by atoms with E-state index in [1.807, 2.05) is 0 Å². The topological polar surface area (TPSA) is 87.7 Å². The van der Waals surface area contributed by atoms with Crippen LogP contribution < -0.4 is 10.6 Å². The number of amides is 1. The Kier molecular flexibility index (Phi) is 6.50. The fourth-order valence-corrected chi connectivity index (χ4v) is 4.60. The minimum absolute atomic E-state index is 0.0356. The molecule has 1 heterocycles. The predicted molar refractivity (Wildman–Crippen MR) is 105 cm³/mol. The third kappa shape index (κ3) is 4.99. The number of carbonyl (C=O) groups is 1. The maximum Gasteiger partial charge on any atom is 0.244 e. The summed E-state index contributed by atoms with van der Waals surface area (Å²) in [6.07, 6.45) is 0. The van der Waals surface area contributed by atoms with Crippen molar-refractivity contribution < 1.29 is 22.3 Å². The number of ether oxygens (including phenoxy) is 1. The number of halogens is 2. The van der Waals surface area contributed by atoms with Gasteiger partial charge in [-0.15, -0.1) is 0 Å². The van der Waals surface area contributed by atoms with Gasteiger partial charge in [0.1, 0.15) is 10.7 Å². The monoisotopic (exact) mass is 427 g/mol. The Balaban J connectivity index is 1.68. The standard InChI is InChI=1S/C18H19ClFN3O4S/c19-16-5-4-14(11-17(16)28(25,26)23-6-8-27-9-7-23)21-12-18(24)22-15-3-1-2-13(20)10-15/h1-5,10-11,21H,6-9,12H2,(H,22,24). The molecule has 2 aromatic rings. The first-order chi connectivity index (χ1) is 13.4. The molecule has 28 heavy (non-hydrogen) atoms. The molecule has 0 spiro atoms. The van der Waals surface area contributed by atoms with E-state index in [0.29, 0.717) is 24.6 Å². The van der Waals surface area contributed by atoms with E-state index in [-0.39, 0.29) is 29.6 Å². The van der Waals surface area contributed by atoms with Crippen LogP contribution in [0.1, 0.15) is 0 Å². The second kappa shape index (κ2) is 8.87. The number of benzene rings is 2. The van der Waals surface area contributed by atoms with Gasteiger partial charge >= 0.3 is 0 Å². The average molecular weight is 428 g/mol. The van der Waals surface area contributed by atoms with Crippen LogP contribution in [0, 0.1) is 5.82 Å². The second-order valence-electron chi connectivity index (χ2n) is 6.07. The lowest BCUT2D eigenvalue weighted by molar-refractivity contribution is -0.114. The van der Waals surface area contributed by atoms with Gasteiger partial charge in [-0.3, -0.25) is 4.79 Å². The van der Waals surface area contributed by atoms with Crippen LogP contribution in [0.5, 0.6) is 0 Å². The first-order valence-electron chi connectivity index (χ1n) is 8.53. The smallest absolute Gasteiger partial charge is 0.244 e. The van der Waals surface area contributed by atoms with E-state index in [0.717, 1.165) is 0 Å². The summed E-state index contributed by atoms with van der Waals surface area (Å²) in [5.41, 5.74) is 0.754. The molecular formula is C18H19ClFN3O4S. The lowest BCUT2D eigenvalue weighted by Gasteiger charge is -2.26. The zero-order valence-electron chi connectivity index (χ0n) is 14.8. The molecule has 0 aromatic heterocycles. The highest BCUT2D eigenvalue weighted by molar-refractivity contribution is 7.89. The van der Waals surface area contributed by atoms with Crippen LogP contribution in [-0.2, 0) is 19.6 Å². The highest BCUT2D eigenvalue weighted by Gasteiger charge is 2.28. The molecule has 3 rings (SSSR count). The quantitative estimate of drug-likeness (QED) is 0.739. The summed E-state index contributed by atoms with van der Waals surface area (Å²) >= 11 is 6.11. The predicted octanol–water partition coefficient (Wildman–Crippen LogP) is 2.55. The molecule has 0 bridgehead atoms. The zero-order chi connectivity index (χ0) is 20.1. The summed E-state index contributed by atoms with van der Waals surface area (Å²) in [4.78, 5) is 12.0. The summed E-state index contributed by atoms with van der Waals surface area (Å²) < 4.78 is 45.3. The summed E-state index contributed by atoms with van der Waals surface area (Å²) in [5.74, 6) is -0.862. The number of anilines is 2. The Morgan fingerprint density at radius 2 is 1.89 bits per heavy atom. The lowest BCUT2D eigenvalue weighted by Crippen LogP contribution is -2.40. The molecule has 0 saturated carbocycles. The van der Waals surface area contributed by atoms with Crippen LogP contribution in [0.2, 0.25) is 5.02 Å². The van der Waals surface area contributed by atoms with Crippen molar-refractivity contribution in [2.45, 2.75) is 4.90 Å². The molecule has 10 heteroatoms. The van der Waals surface area contributed by atoms with Gasteiger partial charge in [0.25, 0.3) is 0 Å². The van der Waals surface area contributed by atoms with Crippen molar-refractivity contribution in [1.29, 1.82) is 0 Å². The third-order valence-corrected chi connectivity index (χ3v) is 6.46. The number of nitrogens with one attached hydrogen (secondary N) is 2. The number of hydrogen-bond donors (Lipinski definition) is 2. The largest absolute Gasteiger partial charge is 0.379 e. The summed E-state index contributed by atoms with van der Waals surface area (Å²) in [7, 11) is -3.77. The summed E-state index contributed by atoms with van der Waals surface area (Å²) in [6.45, 7) is 1.04. The van der Waals surface area contributed by atoms with Crippen LogP contribution in [0.25, 0.3) is 0 Å². The van der Waals surface area contributed by atoms with Crippen molar-refractivity contribution in [1.82, 2.24) is 4.31 Å². The maximum atomic E-state index is 13.2. The van der Waals surface area contributed by atoms with Crippen molar-refractivity contribution in [2.75, 3.05) is 43.5 Å². The highest BCUT2D eigenvalue weighted by Crippen LogP contribution is 2.28. The van der Waals surface area contributed by atoms with Gasteiger partial charge in [0.05, 0.1) is 24.8 Å². The minimum atomic E-state index is -3.77. The Morgan fingerprint density at radius 1 is 1.14 bits per heavy atom. The van der Waals surface area contributed by atoms with Crippen LogP contribution in [-0.4, -0.2) is 51.5 Å². The van der Waals surface area contributed by atoms with Crippen LogP contribution in [0.4, 0.5) is 15.8 Å². The van der Waals surface area contributed by atoms with E-state index in [2.05, 4.69) is 10.6 Å². The normalized spacial score (nSPS) is 15.2. The Bertz CT molecular complexity index is 965. The molecule has 0 unspecified atom stereocenters. The molecule has 7 nitrogen and oxygen atoms in total. The Hall–Kier alpha value is -2.20. The third-order valence-electron chi connectivity index (χ3n) is 4.08. The van der Waals surface area contributed by atoms with E-state index in [9.17, 15) is 17.6 Å². The number of rotatable bonds is 6. The molecule has 2 N–H and O–H groups in total. The van der Waals surface area contributed by atoms with Crippen molar-refractivity contribution in [3.05, 3.63) is 53.3 Å².